The Morgan fingerprint density at radius 1 is 1.29 bits per heavy atom. The highest BCUT2D eigenvalue weighted by Crippen LogP contribution is 2.24. The standard InChI is InChI=1S/C13H13ClN2O/c1-9-4-3-7-16-13(9)17-8-10-11(14)5-2-6-12(10)15/h2-7H,8,15H2,1H3. The minimum absolute atomic E-state index is 0.323. The van der Waals surface area contributed by atoms with Gasteiger partial charge < -0.3 is 10.5 Å². The summed E-state index contributed by atoms with van der Waals surface area (Å²) in [4.78, 5) is 4.15. The Labute approximate surface area is 105 Å². The molecule has 0 unspecified atom stereocenters. The van der Waals surface area contributed by atoms with Crippen LogP contribution in [0.1, 0.15) is 11.1 Å². The number of halogens is 1. The van der Waals surface area contributed by atoms with Crippen molar-refractivity contribution in [3.8, 4) is 5.88 Å². The molecule has 2 N–H and O–H groups in total. The normalized spacial score (nSPS) is 10.2. The molecular formula is C13H13ClN2O. The van der Waals surface area contributed by atoms with E-state index in [2.05, 4.69) is 4.98 Å². The van der Waals surface area contributed by atoms with E-state index in [9.17, 15) is 0 Å². The topological polar surface area (TPSA) is 48.1 Å². The lowest BCUT2D eigenvalue weighted by Gasteiger charge is -2.10. The number of rotatable bonds is 3. The number of pyridine rings is 1. The second kappa shape index (κ2) is 5.06. The van der Waals surface area contributed by atoms with Crippen molar-refractivity contribution in [2.24, 2.45) is 0 Å². The van der Waals surface area contributed by atoms with E-state index in [1.54, 1.807) is 18.3 Å². The number of hydrogen-bond donors (Lipinski definition) is 1. The third-order valence-electron chi connectivity index (χ3n) is 2.47. The van der Waals surface area contributed by atoms with E-state index >= 15 is 0 Å². The van der Waals surface area contributed by atoms with Gasteiger partial charge in [-0.15, -0.1) is 0 Å². The number of nitrogens with zero attached hydrogens (tertiary/aromatic N) is 1. The quantitative estimate of drug-likeness (QED) is 0.849. The van der Waals surface area contributed by atoms with Crippen molar-refractivity contribution in [1.29, 1.82) is 0 Å². The third-order valence-corrected chi connectivity index (χ3v) is 2.82. The fraction of sp³-hybridized carbons (Fsp3) is 0.154. The van der Waals surface area contributed by atoms with Crippen LogP contribution in [0.4, 0.5) is 5.69 Å². The maximum Gasteiger partial charge on any atom is 0.216 e. The minimum atomic E-state index is 0.323. The molecule has 1 aromatic carbocycles. The van der Waals surface area contributed by atoms with Gasteiger partial charge in [0.15, 0.2) is 0 Å². The molecule has 3 nitrogen and oxygen atoms in total. The molecule has 1 aromatic heterocycles. The summed E-state index contributed by atoms with van der Waals surface area (Å²) < 4.78 is 5.61. The highest BCUT2D eigenvalue weighted by atomic mass is 35.5. The molecule has 2 aromatic rings. The summed E-state index contributed by atoms with van der Waals surface area (Å²) in [5.74, 6) is 0.604. The molecule has 0 atom stereocenters. The average Bonchev–Trinajstić information content (AvgIpc) is 2.30. The van der Waals surface area contributed by atoms with E-state index in [-0.39, 0.29) is 0 Å². The Balaban J connectivity index is 2.16. The summed E-state index contributed by atoms with van der Waals surface area (Å²) >= 11 is 6.06. The maximum atomic E-state index is 6.06. The summed E-state index contributed by atoms with van der Waals surface area (Å²) in [7, 11) is 0. The van der Waals surface area contributed by atoms with Gasteiger partial charge in [-0.1, -0.05) is 23.7 Å². The van der Waals surface area contributed by atoms with Crippen LogP contribution >= 0.6 is 11.6 Å². The van der Waals surface area contributed by atoms with Gasteiger partial charge in [0.1, 0.15) is 6.61 Å². The van der Waals surface area contributed by atoms with Crippen molar-refractivity contribution in [3.05, 3.63) is 52.7 Å². The van der Waals surface area contributed by atoms with Crippen LogP contribution in [0.3, 0.4) is 0 Å². The zero-order chi connectivity index (χ0) is 12.3. The second-order valence-electron chi connectivity index (χ2n) is 3.72. The molecule has 4 heteroatoms. The van der Waals surface area contributed by atoms with Gasteiger partial charge in [0.05, 0.1) is 0 Å². The van der Waals surface area contributed by atoms with E-state index in [0.29, 0.717) is 23.2 Å². The van der Waals surface area contributed by atoms with Crippen LogP contribution in [0.5, 0.6) is 5.88 Å². The third kappa shape index (κ3) is 2.68. The fourth-order valence-electron chi connectivity index (χ4n) is 1.49. The van der Waals surface area contributed by atoms with Crippen molar-refractivity contribution < 1.29 is 4.74 Å². The van der Waals surface area contributed by atoms with Crippen LogP contribution in [0, 0.1) is 6.92 Å². The van der Waals surface area contributed by atoms with Gasteiger partial charge in [0.25, 0.3) is 0 Å². The Bertz CT molecular complexity index is 508. The maximum absolute atomic E-state index is 6.06. The molecule has 0 fully saturated rings. The molecule has 0 aliphatic rings. The molecule has 88 valence electrons. The Kier molecular flexibility index (Phi) is 3.49. The Morgan fingerprint density at radius 3 is 2.82 bits per heavy atom. The number of nitrogen functional groups attached to an aromatic ring is 1. The van der Waals surface area contributed by atoms with Crippen molar-refractivity contribution in [1.82, 2.24) is 4.98 Å². The molecule has 0 aliphatic carbocycles. The van der Waals surface area contributed by atoms with E-state index in [0.717, 1.165) is 11.1 Å². The molecule has 0 saturated heterocycles. The molecule has 0 saturated carbocycles. The summed E-state index contributed by atoms with van der Waals surface area (Å²) in [6, 6.07) is 9.22. The van der Waals surface area contributed by atoms with Gasteiger partial charge in [0.2, 0.25) is 5.88 Å². The van der Waals surface area contributed by atoms with Gasteiger partial charge in [-0.25, -0.2) is 4.98 Å². The molecular weight excluding hydrogens is 236 g/mol. The first kappa shape index (κ1) is 11.7. The second-order valence-corrected chi connectivity index (χ2v) is 4.13. The van der Waals surface area contributed by atoms with Crippen molar-refractivity contribution in [2.45, 2.75) is 13.5 Å². The van der Waals surface area contributed by atoms with E-state index in [1.165, 1.54) is 0 Å². The van der Waals surface area contributed by atoms with Crippen LogP contribution < -0.4 is 10.5 Å². The number of ether oxygens (including phenoxy) is 1. The van der Waals surface area contributed by atoms with Gasteiger partial charge in [-0.3, -0.25) is 0 Å². The first-order valence-corrected chi connectivity index (χ1v) is 5.63. The van der Waals surface area contributed by atoms with Crippen LogP contribution in [0.15, 0.2) is 36.5 Å². The van der Waals surface area contributed by atoms with Crippen LogP contribution in [0.25, 0.3) is 0 Å². The lowest BCUT2D eigenvalue weighted by atomic mass is 10.2. The lowest BCUT2D eigenvalue weighted by molar-refractivity contribution is 0.292. The Morgan fingerprint density at radius 2 is 2.12 bits per heavy atom. The SMILES string of the molecule is Cc1cccnc1OCc1c(N)cccc1Cl. The van der Waals surface area contributed by atoms with E-state index in [1.807, 2.05) is 25.1 Å². The first-order valence-electron chi connectivity index (χ1n) is 5.26. The number of nitrogens with two attached hydrogens (primary N) is 1. The highest BCUT2D eigenvalue weighted by Gasteiger charge is 2.06. The predicted octanol–water partition coefficient (Wildman–Crippen LogP) is 3.20. The zero-order valence-electron chi connectivity index (χ0n) is 9.48. The van der Waals surface area contributed by atoms with Crippen molar-refractivity contribution >= 4 is 17.3 Å². The summed E-state index contributed by atoms with van der Waals surface area (Å²) in [6.45, 7) is 2.27. The number of benzene rings is 1. The van der Waals surface area contributed by atoms with Crippen LogP contribution in [0.2, 0.25) is 5.02 Å². The predicted molar refractivity (Wildman–Crippen MR) is 69.2 cm³/mol. The van der Waals surface area contributed by atoms with E-state index in [4.69, 9.17) is 22.1 Å². The lowest BCUT2D eigenvalue weighted by Crippen LogP contribution is -2.02. The summed E-state index contributed by atoms with van der Waals surface area (Å²) in [5, 5.41) is 0.610. The number of aromatic nitrogens is 1. The summed E-state index contributed by atoms with van der Waals surface area (Å²) in [5.41, 5.74) is 8.24. The monoisotopic (exact) mass is 248 g/mol. The van der Waals surface area contributed by atoms with Gasteiger partial charge in [-0.2, -0.15) is 0 Å². The van der Waals surface area contributed by atoms with Crippen molar-refractivity contribution in [3.63, 3.8) is 0 Å². The summed E-state index contributed by atoms with van der Waals surface area (Å²) in [6.07, 6.45) is 1.69. The number of aryl methyl sites for hydroxylation is 1. The first-order chi connectivity index (χ1) is 8.18. The zero-order valence-corrected chi connectivity index (χ0v) is 10.2. The molecule has 0 spiro atoms. The fourth-order valence-corrected chi connectivity index (χ4v) is 1.73. The molecule has 0 radical (unpaired) electrons. The molecule has 1 heterocycles. The highest BCUT2D eigenvalue weighted by molar-refractivity contribution is 6.31. The minimum Gasteiger partial charge on any atom is -0.472 e. The Hall–Kier alpha value is -1.74. The molecule has 0 bridgehead atoms. The number of anilines is 1. The number of hydrogen-bond acceptors (Lipinski definition) is 3. The van der Waals surface area contributed by atoms with E-state index < -0.39 is 0 Å². The largest absolute Gasteiger partial charge is 0.472 e. The molecule has 0 aliphatic heterocycles. The van der Waals surface area contributed by atoms with Crippen molar-refractivity contribution in [2.75, 3.05) is 5.73 Å². The van der Waals surface area contributed by atoms with Crippen LogP contribution in [-0.4, -0.2) is 4.98 Å². The van der Waals surface area contributed by atoms with Gasteiger partial charge in [-0.05, 0) is 25.1 Å². The molecule has 17 heavy (non-hydrogen) atoms. The average molecular weight is 249 g/mol. The molecule has 0 amide bonds. The van der Waals surface area contributed by atoms with Gasteiger partial charge >= 0.3 is 0 Å². The van der Waals surface area contributed by atoms with Gasteiger partial charge in [0, 0.05) is 28.0 Å². The molecule has 2 rings (SSSR count). The van der Waals surface area contributed by atoms with Crippen LogP contribution in [-0.2, 0) is 6.61 Å². The smallest absolute Gasteiger partial charge is 0.216 e.